The Hall–Kier alpha value is -1.22. The van der Waals surface area contributed by atoms with Gasteiger partial charge >= 0.3 is 0 Å². The van der Waals surface area contributed by atoms with Crippen LogP contribution in [0.3, 0.4) is 0 Å². The molecule has 0 aromatic heterocycles. The Kier molecular flexibility index (Phi) is 2.94. The minimum Gasteiger partial charge on any atom is -0.327 e. The molecule has 0 fully saturated rings. The van der Waals surface area contributed by atoms with Crippen molar-refractivity contribution in [2.24, 2.45) is 5.73 Å². The maximum absolute atomic E-state index is 12.8. The summed E-state index contributed by atoms with van der Waals surface area (Å²) in [6, 6.07) is 3.74. The number of nitrogens with two attached hydrogens (primary N) is 1. The molecular formula is C9H9F2N. The van der Waals surface area contributed by atoms with E-state index in [1.54, 1.807) is 0 Å². The van der Waals surface area contributed by atoms with Crippen LogP contribution in [0.25, 0.3) is 6.08 Å². The predicted molar refractivity (Wildman–Crippen MR) is 44.4 cm³/mol. The molecule has 64 valence electrons. The Morgan fingerprint density at radius 3 is 2.33 bits per heavy atom. The molecule has 0 saturated carbocycles. The second-order valence-electron chi connectivity index (χ2n) is 2.27. The first-order chi connectivity index (χ1) is 5.75. The van der Waals surface area contributed by atoms with Gasteiger partial charge in [-0.25, -0.2) is 8.78 Å². The zero-order valence-electron chi connectivity index (χ0n) is 6.43. The number of hydrogen-bond acceptors (Lipinski definition) is 1. The molecule has 0 unspecified atom stereocenters. The average Bonchev–Trinajstić information content (AvgIpc) is 2.04. The SMILES string of the molecule is NC/C=C/c1c(F)cccc1F. The highest BCUT2D eigenvalue weighted by atomic mass is 19.1. The summed E-state index contributed by atoms with van der Waals surface area (Å²) in [7, 11) is 0. The Labute approximate surface area is 69.5 Å². The van der Waals surface area contributed by atoms with Crippen LogP contribution in [-0.2, 0) is 0 Å². The van der Waals surface area contributed by atoms with Crippen LogP contribution < -0.4 is 5.73 Å². The predicted octanol–water partition coefficient (Wildman–Crippen LogP) is 1.94. The second-order valence-corrected chi connectivity index (χ2v) is 2.27. The van der Waals surface area contributed by atoms with Crippen LogP contribution in [0, 0.1) is 11.6 Å². The lowest BCUT2D eigenvalue weighted by molar-refractivity contribution is 0.578. The van der Waals surface area contributed by atoms with Crippen molar-refractivity contribution in [3.63, 3.8) is 0 Å². The highest BCUT2D eigenvalue weighted by molar-refractivity contribution is 5.50. The molecule has 0 radical (unpaired) electrons. The fourth-order valence-electron chi connectivity index (χ4n) is 0.856. The van der Waals surface area contributed by atoms with E-state index < -0.39 is 11.6 Å². The van der Waals surface area contributed by atoms with Crippen molar-refractivity contribution in [1.29, 1.82) is 0 Å². The quantitative estimate of drug-likeness (QED) is 0.719. The summed E-state index contributed by atoms with van der Waals surface area (Å²) < 4.78 is 25.7. The molecule has 0 bridgehead atoms. The molecule has 1 aromatic rings. The molecule has 0 aliphatic rings. The van der Waals surface area contributed by atoms with Crippen molar-refractivity contribution in [2.45, 2.75) is 0 Å². The topological polar surface area (TPSA) is 26.0 Å². The Morgan fingerprint density at radius 2 is 1.83 bits per heavy atom. The van der Waals surface area contributed by atoms with Crippen molar-refractivity contribution in [3.8, 4) is 0 Å². The van der Waals surface area contributed by atoms with E-state index in [0.29, 0.717) is 0 Å². The number of hydrogen-bond donors (Lipinski definition) is 1. The lowest BCUT2D eigenvalue weighted by atomic mass is 10.2. The van der Waals surface area contributed by atoms with E-state index in [4.69, 9.17) is 5.73 Å². The van der Waals surface area contributed by atoms with Gasteiger partial charge in [0.2, 0.25) is 0 Å². The van der Waals surface area contributed by atoms with Crippen LogP contribution in [0.2, 0.25) is 0 Å². The second kappa shape index (κ2) is 3.97. The molecule has 1 aromatic carbocycles. The van der Waals surface area contributed by atoms with Crippen LogP contribution in [0.15, 0.2) is 24.3 Å². The molecule has 0 spiro atoms. The molecule has 0 saturated heterocycles. The first-order valence-electron chi connectivity index (χ1n) is 3.56. The molecule has 0 aliphatic carbocycles. The van der Waals surface area contributed by atoms with Gasteiger partial charge in [-0.1, -0.05) is 18.2 Å². The van der Waals surface area contributed by atoms with Gasteiger partial charge in [-0.05, 0) is 12.1 Å². The molecule has 1 rings (SSSR count). The van der Waals surface area contributed by atoms with Gasteiger partial charge in [0.05, 0.1) is 0 Å². The monoisotopic (exact) mass is 169 g/mol. The average molecular weight is 169 g/mol. The zero-order valence-corrected chi connectivity index (χ0v) is 6.43. The molecule has 0 amide bonds. The van der Waals surface area contributed by atoms with Crippen LogP contribution in [0.1, 0.15) is 5.56 Å². The number of rotatable bonds is 2. The lowest BCUT2D eigenvalue weighted by Gasteiger charge is -1.97. The molecule has 2 N–H and O–H groups in total. The molecular weight excluding hydrogens is 160 g/mol. The smallest absolute Gasteiger partial charge is 0.133 e. The van der Waals surface area contributed by atoms with Crippen molar-refractivity contribution in [1.82, 2.24) is 0 Å². The summed E-state index contributed by atoms with van der Waals surface area (Å²) >= 11 is 0. The summed E-state index contributed by atoms with van der Waals surface area (Å²) in [5.74, 6) is -1.14. The number of benzene rings is 1. The third-order valence-electron chi connectivity index (χ3n) is 1.42. The van der Waals surface area contributed by atoms with E-state index >= 15 is 0 Å². The number of halogens is 2. The summed E-state index contributed by atoms with van der Waals surface area (Å²) in [6.45, 7) is 0.272. The van der Waals surface area contributed by atoms with E-state index in [2.05, 4.69) is 0 Å². The van der Waals surface area contributed by atoms with Gasteiger partial charge in [0.25, 0.3) is 0 Å². The Morgan fingerprint density at radius 1 is 1.25 bits per heavy atom. The van der Waals surface area contributed by atoms with Crippen molar-refractivity contribution in [3.05, 3.63) is 41.5 Å². The summed E-state index contributed by atoms with van der Waals surface area (Å²) in [6.07, 6.45) is 2.84. The maximum atomic E-state index is 12.8. The highest BCUT2D eigenvalue weighted by Gasteiger charge is 2.02. The summed E-state index contributed by atoms with van der Waals surface area (Å²) in [5, 5.41) is 0. The third-order valence-corrected chi connectivity index (χ3v) is 1.42. The minimum absolute atomic E-state index is 0.0389. The van der Waals surface area contributed by atoms with Gasteiger partial charge in [0.1, 0.15) is 11.6 Å². The maximum Gasteiger partial charge on any atom is 0.133 e. The van der Waals surface area contributed by atoms with E-state index in [1.807, 2.05) is 0 Å². The summed E-state index contributed by atoms with van der Waals surface area (Å²) in [4.78, 5) is 0. The third kappa shape index (κ3) is 1.89. The molecule has 12 heavy (non-hydrogen) atoms. The molecule has 0 heterocycles. The van der Waals surface area contributed by atoms with Gasteiger partial charge < -0.3 is 5.73 Å². The Bertz CT molecular complexity index is 274. The largest absolute Gasteiger partial charge is 0.327 e. The van der Waals surface area contributed by atoms with Crippen molar-refractivity contribution < 1.29 is 8.78 Å². The zero-order chi connectivity index (χ0) is 8.97. The van der Waals surface area contributed by atoms with Crippen LogP contribution >= 0.6 is 0 Å². The normalized spacial score (nSPS) is 10.9. The Balaban J connectivity index is 3.04. The van der Waals surface area contributed by atoms with Gasteiger partial charge in [0, 0.05) is 12.1 Å². The van der Waals surface area contributed by atoms with E-state index in [1.165, 1.54) is 30.4 Å². The summed E-state index contributed by atoms with van der Waals surface area (Å²) in [5.41, 5.74) is 5.11. The highest BCUT2D eigenvalue weighted by Crippen LogP contribution is 2.12. The fraction of sp³-hybridized carbons (Fsp3) is 0.111. The van der Waals surface area contributed by atoms with Gasteiger partial charge in [-0.3, -0.25) is 0 Å². The lowest BCUT2D eigenvalue weighted by Crippen LogP contribution is -1.93. The minimum atomic E-state index is -0.570. The van der Waals surface area contributed by atoms with Crippen molar-refractivity contribution in [2.75, 3.05) is 6.54 Å². The first kappa shape index (κ1) is 8.87. The fourth-order valence-corrected chi connectivity index (χ4v) is 0.856. The molecule has 0 aliphatic heterocycles. The van der Waals surface area contributed by atoms with E-state index in [9.17, 15) is 8.78 Å². The standard InChI is InChI=1S/C9H9F2N/c10-8-4-1-5-9(11)7(8)3-2-6-12/h1-5H,6,12H2/b3-2+. The van der Waals surface area contributed by atoms with Crippen LogP contribution in [-0.4, -0.2) is 6.54 Å². The van der Waals surface area contributed by atoms with Gasteiger partial charge in [-0.15, -0.1) is 0 Å². The van der Waals surface area contributed by atoms with Gasteiger partial charge in [0.15, 0.2) is 0 Å². The van der Waals surface area contributed by atoms with Crippen LogP contribution in [0.4, 0.5) is 8.78 Å². The molecule has 0 atom stereocenters. The molecule has 1 nitrogen and oxygen atoms in total. The van der Waals surface area contributed by atoms with Crippen molar-refractivity contribution >= 4 is 6.08 Å². The van der Waals surface area contributed by atoms with E-state index in [0.717, 1.165) is 0 Å². The van der Waals surface area contributed by atoms with E-state index in [-0.39, 0.29) is 12.1 Å². The van der Waals surface area contributed by atoms with Gasteiger partial charge in [-0.2, -0.15) is 0 Å². The molecule has 3 heteroatoms. The first-order valence-corrected chi connectivity index (χ1v) is 3.56. The van der Waals surface area contributed by atoms with Crippen LogP contribution in [0.5, 0.6) is 0 Å².